The Labute approximate surface area is 310 Å². The van der Waals surface area contributed by atoms with Crippen LogP contribution in [0, 0.1) is 38.2 Å². The predicted molar refractivity (Wildman–Crippen MR) is 198 cm³/mol. The maximum absolute atomic E-state index is 16.3. The van der Waals surface area contributed by atoms with E-state index in [1.54, 1.807) is 0 Å². The second kappa shape index (κ2) is 10.5. The summed E-state index contributed by atoms with van der Waals surface area (Å²) in [7, 11) is -3.52. The van der Waals surface area contributed by atoms with E-state index in [9.17, 15) is 0 Å². The molecule has 0 saturated heterocycles. The Morgan fingerprint density at radius 3 is 0.902 bits per heavy atom. The van der Waals surface area contributed by atoms with E-state index in [1.165, 1.54) is 0 Å². The summed E-state index contributed by atoms with van der Waals surface area (Å²) in [4.78, 5) is 14.2. The molecule has 6 aliphatic rings. The molecule has 0 aromatic heterocycles. The van der Waals surface area contributed by atoms with Crippen LogP contribution in [0.5, 0.6) is 0 Å². The molecule has 6 aliphatic heterocycles. The van der Waals surface area contributed by atoms with E-state index < -0.39 is 7.14 Å². The minimum atomic E-state index is -3.52. The van der Waals surface area contributed by atoms with Crippen LogP contribution in [0.1, 0.15) is 35.2 Å². The van der Waals surface area contributed by atoms with Crippen molar-refractivity contribution in [3.8, 4) is 0 Å². The minimum absolute atomic E-state index is 0. The van der Waals surface area contributed by atoms with Crippen molar-refractivity contribution in [2.24, 2.45) is 0 Å². The van der Waals surface area contributed by atoms with Crippen LogP contribution in [0.2, 0.25) is 0 Å². The molecule has 0 amide bonds. The maximum atomic E-state index is 16.3. The summed E-state index contributed by atoms with van der Waals surface area (Å²) in [6, 6.07) is 55.5. The number of nitrogens with zero attached hydrogens (tertiary/aromatic N) is 6. The molecule has 0 atom stereocenters. The summed E-state index contributed by atoms with van der Waals surface area (Å²) in [6.45, 7) is 6.76. The van der Waals surface area contributed by atoms with Gasteiger partial charge in [-0.3, -0.25) is 0 Å². The summed E-state index contributed by atoms with van der Waals surface area (Å²) in [5, 5.41) is 1.96. The van der Waals surface area contributed by atoms with Crippen LogP contribution in [0.3, 0.4) is 0 Å². The van der Waals surface area contributed by atoms with Crippen molar-refractivity contribution >= 4 is 57.2 Å². The first-order valence-electron chi connectivity index (χ1n) is 16.9. The Bertz CT molecular complexity index is 2120. The van der Waals surface area contributed by atoms with Gasteiger partial charge in [-0.1, -0.05) is 52.3 Å². The monoisotopic (exact) mass is 855 g/mol. The number of fused-ring (bicyclic) bond motifs is 21. The molecule has 0 unspecified atom stereocenters. The standard InChI is InChI=1S/C42H27N6OP.Ir/c49-50-31-13-7-10-28(22-31)40-43-25-44(35-17-2-1-16-34(35)43)41(29-11-8-14-32(50)23-29)46-27-48(39-21-6-5-20-38(39)46)42(30-12-9-15-33(50)24-30)47-26-45(40)36-18-3-4-19-37(36)47;/h1-21,25-27,40-42H;/q-6;. The second-order valence-corrected chi connectivity index (χ2v) is 16.1. The summed E-state index contributed by atoms with van der Waals surface area (Å²) in [6.07, 6.45) is -1.04. The van der Waals surface area contributed by atoms with E-state index in [-0.39, 0.29) is 38.6 Å². The van der Waals surface area contributed by atoms with Gasteiger partial charge in [0.2, 0.25) is 0 Å². The molecule has 6 aromatic carbocycles. The fraction of sp³-hybridized carbons (Fsp3) is 0.0714. The third kappa shape index (κ3) is 3.80. The number of hydrogen-bond donors (Lipinski definition) is 0. The summed E-state index contributed by atoms with van der Waals surface area (Å²) >= 11 is 0. The zero-order valence-electron chi connectivity index (χ0n) is 27.0. The maximum Gasteiger partial charge on any atom is 0.101 e. The first kappa shape index (κ1) is 29.7. The van der Waals surface area contributed by atoms with Gasteiger partial charge in [0, 0.05) is 54.2 Å². The first-order valence-corrected chi connectivity index (χ1v) is 18.6. The molecule has 0 saturated carbocycles. The van der Waals surface area contributed by atoms with Crippen molar-refractivity contribution in [1.82, 2.24) is 0 Å². The van der Waals surface area contributed by atoms with Gasteiger partial charge in [-0.05, 0) is 36.4 Å². The van der Waals surface area contributed by atoms with Crippen LogP contribution in [0.25, 0.3) is 0 Å². The van der Waals surface area contributed by atoms with Crippen LogP contribution in [-0.4, -0.2) is 0 Å². The Hall–Kier alpha value is -5.00. The Morgan fingerprint density at radius 2 is 0.647 bits per heavy atom. The summed E-state index contributed by atoms with van der Waals surface area (Å²) < 4.78 is 16.3. The second-order valence-electron chi connectivity index (χ2n) is 13.5. The zero-order chi connectivity index (χ0) is 32.7. The van der Waals surface area contributed by atoms with Gasteiger partial charge >= 0.3 is 0 Å². The molecule has 9 heteroatoms. The van der Waals surface area contributed by atoms with Crippen molar-refractivity contribution in [3.05, 3.63) is 182 Å². The smallest absolute Gasteiger partial charge is 0.101 e. The normalized spacial score (nSPS) is 23.8. The molecule has 0 N–H and O–H groups in total. The van der Waals surface area contributed by atoms with Gasteiger partial charge in [-0.25, -0.2) is 0 Å². The molecule has 1 radical (unpaired) electrons. The number of rotatable bonds is 0. The molecule has 6 heterocycles. The summed E-state index contributed by atoms with van der Waals surface area (Å²) in [5.74, 6) is 0. The molecule has 51 heavy (non-hydrogen) atoms. The molecule has 12 rings (SSSR count). The van der Waals surface area contributed by atoms with Crippen molar-refractivity contribution in [2.75, 3.05) is 29.4 Å². The van der Waals surface area contributed by atoms with Gasteiger partial charge in [-0.15, -0.1) is 16.7 Å². The Kier molecular flexibility index (Phi) is 6.13. The Morgan fingerprint density at radius 1 is 0.392 bits per heavy atom. The van der Waals surface area contributed by atoms with Crippen LogP contribution in [0.4, 0.5) is 34.1 Å². The first-order chi connectivity index (χ1) is 24.7. The number of benzene rings is 6. The molecule has 0 spiro atoms. The van der Waals surface area contributed by atoms with Crippen molar-refractivity contribution < 1.29 is 24.7 Å². The van der Waals surface area contributed by atoms with E-state index >= 15 is 4.57 Å². The van der Waals surface area contributed by atoms with E-state index in [0.717, 1.165) is 50.8 Å². The van der Waals surface area contributed by atoms with Crippen LogP contribution in [0.15, 0.2) is 127 Å². The third-order valence-electron chi connectivity index (χ3n) is 10.9. The van der Waals surface area contributed by atoms with Gasteiger partial charge in [0.05, 0.1) is 18.5 Å². The van der Waals surface area contributed by atoms with Gasteiger partial charge in [-0.2, -0.15) is 92.8 Å². The van der Waals surface area contributed by atoms with Crippen molar-refractivity contribution in [1.29, 1.82) is 0 Å². The molecule has 251 valence electrons. The average Bonchev–Trinajstić information content (AvgIpc) is 3.85. The van der Waals surface area contributed by atoms with E-state index in [1.807, 2.05) is 36.4 Å². The third-order valence-corrected chi connectivity index (χ3v) is 13.7. The van der Waals surface area contributed by atoms with E-state index in [4.69, 9.17) is 0 Å². The molecule has 6 aromatic rings. The zero-order valence-corrected chi connectivity index (χ0v) is 30.3. The van der Waals surface area contributed by atoms with E-state index in [2.05, 4.69) is 159 Å². The largest absolute Gasteiger partial charge is 0.483 e. The van der Waals surface area contributed by atoms with Crippen LogP contribution in [-0.2, 0) is 24.7 Å². The molecule has 7 nitrogen and oxygen atoms in total. The van der Waals surface area contributed by atoms with Crippen molar-refractivity contribution in [2.45, 2.75) is 18.5 Å². The molecule has 0 aliphatic carbocycles. The quantitative estimate of drug-likeness (QED) is 0.119. The number of para-hydroxylation sites is 6. The summed E-state index contributed by atoms with van der Waals surface area (Å²) in [5.41, 5.74) is 9.22. The molecular weight excluding hydrogens is 828 g/mol. The minimum Gasteiger partial charge on any atom is -0.483 e. The Balaban J connectivity index is 0.00000310. The fourth-order valence-electron chi connectivity index (χ4n) is 8.76. The van der Waals surface area contributed by atoms with Gasteiger partial charge in [0.1, 0.15) is 7.14 Å². The predicted octanol–water partition coefficient (Wildman–Crippen LogP) is 7.10. The average molecular weight is 855 g/mol. The number of hydrogen-bond acceptors (Lipinski definition) is 7. The van der Waals surface area contributed by atoms with Gasteiger partial charge in [0.25, 0.3) is 0 Å². The van der Waals surface area contributed by atoms with Crippen molar-refractivity contribution in [3.63, 3.8) is 0 Å². The van der Waals surface area contributed by atoms with Gasteiger partial charge in [0.15, 0.2) is 0 Å². The van der Waals surface area contributed by atoms with Gasteiger partial charge < -0.3 is 34.0 Å². The van der Waals surface area contributed by atoms with E-state index in [0.29, 0.717) is 15.9 Å². The van der Waals surface area contributed by atoms with Crippen LogP contribution < -0.4 is 45.3 Å². The molecular formula is C42H27IrN6OP-6. The van der Waals surface area contributed by atoms with Crippen LogP contribution >= 0.6 is 7.14 Å². The SMILES string of the molecule is O=P12c3[c-]c(ccc3)C3N4[CH-]N(c5ccccc54)C(c4[c-]c1ccc4)N1[CH-]N(c4ccccc41)C(c1[c-]c2ccc1)N1[CH-]N3c2ccccc21.[Ir]. The molecule has 0 fully saturated rings. The number of anilines is 6. The molecule has 16 bridgehead atoms. The fourth-order valence-corrected chi connectivity index (χ4v) is 11.3. The topological polar surface area (TPSA) is 36.5 Å².